The third-order valence-corrected chi connectivity index (χ3v) is 4.72. The van der Waals surface area contributed by atoms with Gasteiger partial charge in [0, 0.05) is 45.8 Å². The van der Waals surface area contributed by atoms with Crippen LogP contribution in [0.1, 0.15) is 26.3 Å². The van der Waals surface area contributed by atoms with Crippen molar-refractivity contribution in [3.05, 3.63) is 29.8 Å². The molecule has 1 aromatic rings. The number of ether oxygens (including phenoxy) is 1. The first-order valence-corrected chi connectivity index (χ1v) is 10.1. The van der Waals surface area contributed by atoms with Crippen molar-refractivity contribution in [3.63, 3.8) is 0 Å². The van der Waals surface area contributed by atoms with E-state index in [2.05, 4.69) is 15.1 Å². The summed E-state index contributed by atoms with van der Waals surface area (Å²) in [5.74, 6) is 1.02. The average molecular weight is 391 g/mol. The van der Waals surface area contributed by atoms with E-state index in [0.29, 0.717) is 26.2 Å². The molecule has 1 saturated heterocycles. The van der Waals surface area contributed by atoms with Crippen molar-refractivity contribution in [2.24, 2.45) is 0 Å². The molecule has 0 atom stereocenters. The highest BCUT2D eigenvalue weighted by Crippen LogP contribution is 2.13. The molecule has 1 heterocycles. The number of carbonyl (C=O) groups excluding carboxylic acids is 2. The first-order valence-electron chi connectivity index (χ1n) is 10.1. The summed E-state index contributed by atoms with van der Waals surface area (Å²) in [6, 6.07) is 8.03. The Morgan fingerprint density at radius 1 is 1.07 bits per heavy atom. The first kappa shape index (κ1) is 22.2. The van der Waals surface area contributed by atoms with E-state index < -0.39 is 0 Å². The van der Waals surface area contributed by atoms with Crippen molar-refractivity contribution in [2.45, 2.75) is 33.4 Å². The zero-order valence-electron chi connectivity index (χ0n) is 17.6. The summed E-state index contributed by atoms with van der Waals surface area (Å²) in [5, 5.41) is 2.92. The summed E-state index contributed by atoms with van der Waals surface area (Å²) in [7, 11) is 1.84. The smallest absolute Gasteiger partial charge is 0.236 e. The van der Waals surface area contributed by atoms with Crippen molar-refractivity contribution in [1.29, 1.82) is 0 Å². The predicted molar refractivity (Wildman–Crippen MR) is 110 cm³/mol. The Bertz CT molecular complexity index is 625. The molecule has 0 saturated carbocycles. The van der Waals surface area contributed by atoms with E-state index in [-0.39, 0.29) is 17.9 Å². The first-order chi connectivity index (χ1) is 13.4. The largest absolute Gasteiger partial charge is 0.494 e. The molecule has 156 valence electrons. The Morgan fingerprint density at radius 3 is 2.18 bits per heavy atom. The number of benzene rings is 1. The van der Waals surface area contributed by atoms with E-state index >= 15 is 0 Å². The number of likely N-dealkylation sites (N-methyl/N-ethyl adjacent to an activating group) is 1. The van der Waals surface area contributed by atoms with Crippen molar-refractivity contribution in [1.82, 2.24) is 20.0 Å². The Labute approximate surface area is 168 Å². The zero-order valence-corrected chi connectivity index (χ0v) is 17.6. The minimum absolute atomic E-state index is 0.0645. The van der Waals surface area contributed by atoms with Crippen LogP contribution in [-0.4, -0.2) is 85.5 Å². The van der Waals surface area contributed by atoms with E-state index in [9.17, 15) is 9.59 Å². The van der Waals surface area contributed by atoms with Gasteiger partial charge in [-0.25, -0.2) is 0 Å². The quantitative estimate of drug-likeness (QED) is 0.686. The molecule has 0 aromatic heterocycles. The van der Waals surface area contributed by atoms with Crippen LogP contribution >= 0.6 is 0 Å². The molecule has 1 aromatic carbocycles. The second-order valence-electron chi connectivity index (χ2n) is 7.60. The standard InChI is InChI=1S/C21H34N4O3/c1-5-28-19-8-6-18(7-9-19)14-23(4)21(27)16-25-12-10-24(11-13-25)15-20(26)22-17(2)3/h6-9,17H,5,10-16H2,1-4H3,(H,22,26). The van der Waals surface area contributed by atoms with Crippen LogP contribution in [0.25, 0.3) is 0 Å². The van der Waals surface area contributed by atoms with E-state index in [1.807, 2.05) is 52.1 Å². The number of hydrogen-bond acceptors (Lipinski definition) is 5. The van der Waals surface area contributed by atoms with Crippen LogP contribution in [0, 0.1) is 0 Å². The van der Waals surface area contributed by atoms with Crippen LogP contribution in [0.5, 0.6) is 5.75 Å². The van der Waals surface area contributed by atoms with Gasteiger partial charge in [-0.2, -0.15) is 0 Å². The summed E-state index contributed by atoms with van der Waals surface area (Å²) in [6.45, 7) is 11.2. The third kappa shape index (κ3) is 7.48. The number of amides is 2. The fourth-order valence-electron chi connectivity index (χ4n) is 3.21. The van der Waals surface area contributed by atoms with Gasteiger partial charge in [-0.3, -0.25) is 19.4 Å². The molecule has 7 nitrogen and oxygen atoms in total. The molecular weight excluding hydrogens is 356 g/mol. The molecule has 2 rings (SSSR count). The van der Waals surface area contributed by atoms with Gasteiger partial charge in [0.1, 0.15) is 5.75 Å². The van der Waals surface area contributed by atoms with Crippen LogP contribution in [0.4, 0.5) is 0 Å². The van der Waals surface area contributed by atoms with Gasteiger partial charge >= 0.3 is 0 Å². The van der Waals surface area contributed by atoms with Gasteiger partial charge in [0.15, 0.2) is 0 Å². The fraction of sp³-hybridized carbons (Fsp3) is 0.619. The summed E-state index contributed by atoms with van der Waals surface area (Å²) < 4.78 is 5.45. The summed E-state index contributed by atoms with van der Waals surface area (Å²) >= 11 is 0. The van der Waals surface area contributed by atoms with Crippen molar-refractivity contribution >= 4 is 11.8 Å². The number of nitrogens with one attached hydrogen (secondary N) is 1. The van der Waals surface area contributed by atoms with Crippen LogP contribution in [0.15, 0.2) is 24.3 Å². The number of carbonyl (C=O) groups is 2. The molecule has 0 unspecified atom stereocenters. The van der Waals surface area contributed by atoms with E-state index in [1.54, 1.807) is 4.90 Å². The number of hydrogen-bond donors (Lipinski definition) is 1. The summed E-state index contributed by atoms with van der Waals surface area (Å²) in [6.07, 6.45) is 0. The number of rotatable bonds is 9. The molecule has 0 spiro atoms. The summed E-state index contributed by atoms with van der Waals surface area (Å²) in [4.78, 5) is 30.5. The predicted octanol–water partition coefficient (Wildman–Crippen LogP) is 1.19. The van der Waals surface area contributed by atoms with E-state index in [0.717, 1.165) is 37.5 Å². The van der Waals surface area contributed by atoms with Crippen LogP contribution in [0.3, 0.4) is 0 Å². The maximum Gasteiger partial charge on any atom is 0.236 e. The second kappa shape index (κ2) is 11.0. The molecule has 0 radical (unpaired) electrons. The van der Waals surface area contributed by atoms with Gasteiger partial charge in [-0.15, -0.1) is 0 Å². The zero-order chi connectivity index (χ0) is 20.5. The molecule has 2 amide bonds. The average Bonchev–Trinajstić information content (AvgIpc) is 2.64. The lowest BCUT2D eigenvalue weighted by Crippen LogP contribution is -2.52. The molecule has 0 bridgehead atoms. The molecule has 1 aliphatic heterocycles. The van der Waals surface area contributed by atoms with Gasteiger partial charge < -0.3 is 15.0 Å². The van der Waals surface area contributed by atoms with E-state index in [4.69, 9.17) is 4.74 Å². The molecule has 1 N–H and O–H groups in total. The van der Waals surface area contributed by atoms with Crippen LogP contribution < -0.4 is 10.1 Å². The Kier molecular flexibility index (Phi) is 8.73. The molecule has 7 heteroatoms. The summed E-state index contributed by atoms with van der Waals surface area (Å²) in [5.41, 5.74) is 1.08. The maximum atomic E-state index is 12.5. The van der Waals surface area contributed by atoms with Gasteiger partial charge in [-0.05, 0) is 38.5 Å². The Morgan fingerprint density at radius 2 is 1.64 bits per heavy atom. The molecular formula is C21H34N4O3. The normalized spacial score (nSPS) is 15.5. The topological polar surface area (TPSA) is 65.1 Å². The second-order valence-corrected chi connectivity index (χ2v) is 7.60. The number of nitrogens with zero attached hydrogens (tertiary/aromatic N) is 3. The fourth-order valence-corrected chi connectivity index (χ4v) is 3.21. The molecule has 0 aliphatic carbocycles. The minimum Gasteiger partial charge on any atom is -0.494 e. The lowest BCUT2D eigenvalue weighted by atomic mass is 10.2. The number of piperazine rings is 1. The van der Waals surface area contributed by atoms with E-state index in [1.165, 1.54) is 0 Å². The van der Waals surface area contributed by atoms with Gasteiger partial charge in [0.2, 0.25) is 11.8 Å². The minimum atomic E-state index is 0.0645. The SMILES string of the molecule is CCOc1ccc(CN(C)C(=O)CN2CCN(CC(=O)NC(C)C)CC2)cc1. The van der Waals surface area contributed by atoms with Crippen LogP contribution in [-0.2, 0) is 16.1 Å². The van der Waals surface area contributed by atoms with Gasteiger partial charge in [-0.1, -0.05) is 12.1 Å². The van der Waals surface area contributed by atoms with Crippen molar-refractivity contribution in [3.8, 4) is 5.75 Å². The van der Waals surface area contributed by atoms with Crippen molar-refractivity contribution in [2.75, 3.05) is 52.9 Å². The third-order valence-electron chi connectivity index (χ3n) is 4.72. The highest BCUT2D eigenvalue weighted by atomic mass is 16.5. The Balaban J connectivity index is 1.72. The van der Waals surface area contributed by atoms with Gasteiger partial charge in [0.05, 0.1) is 19.7 Å². The highest BCUT2D eigenvalue weighted by molar-refractivity contribution is 5.78. The van der Waals surface area contributed by atoms with Gasteiger partial charge in [0.25, 0.3) is 0 Å². The lowest BCUT2D eigenvalue weighted by molar-refractivity contribution is -0.132. The maximum absolute atomic E-state index is 12.5. The lowest BCUT2D eigenvalue weighted by Gasteiger charge is -2.34. The molecule has 28 heavy (non-hydrogen) atoms. The molecule has 1 aliphatic rings. The Hall–Kier alpha value is -2.12. The monoisotopic (exact) mass is 390 g/mol. The molecule has 1 fully saturated rings. The highest BCUT2D eigenvalue weighted by Gasteiger charge is 2.22. The van der Waals surface area contributed by atoms with Crippen molar-refractivity contribution < 1.29 is 14.3 Å². The van der Waals surface area contributed by atoms with Crippen LogP contribution in [0.2, 0.25) is 0 Å².